The first-order valence-electron chi connectivity index (χ1n) is 4.79. The predicted molar refractivity (Wildman–Crippen MR) is 60.4 cm³/mol. The lowest BCUT2D eigenvalue weighted by molar-refractivity contribution is 0.411. The highest BCUT2D eigenvalue weighted by Crippen LogP contribution is 2.19. The summed E-state index contributed by atoms with van der Waals surface area (Å²) in [6, 6.07) is 6.16. The van der Waals surface area contributed by atoms with Crippen LogP contribution in [0.15, 0.2) is 24.3 Å². The first kappa shape index (κ1) is 10.8. The van der Waals surface area contributed by atoms with E-state index in [0.717, 1.165) is 23.3 Å². The topological polar surface area (TPSA) is 35.2 Å². The van der Waals surface area contributed by atoms with Crippen molar-refractivity contribution < 1.29 is 4.74 Å². The van der Waals surface area contributed by atoms with Gasteiger partial charge in [0, 0.05) is 0 Å². The molecule has 2 heteroatoms. The second-order valence-corrected chi connectivity index (χ2v) is 3.21. The van der Waals surface area contributed by atoms with Gasteiger partial charge in [0.15, 0.2) is 0 Å². The van der Waals surface area contributed by atoms with E-state index in [9.17, 15) is 0 Å². The monoisotopic (exact) mass is 191 g/mol. The van der Waals surface area contributed by atoms with Crippen LogP contribution in [0.1, 0.15) is 17.5 Å². The second-order valence-electron chi connectivity index (χ2n) is 3.21. The average molecular weight is 191 g/mol. The zero-order chi connectivity index (χ0) is 10.4. The van der Waals surface area contributed by atoms with Crippen molar-refractivity contribution in [3.05, 3.63) is 35.4 Å². The Hall–Kier alpha value is -1.28. The van der Waals surface area contributed by atoms with Gasteiger partial charge in [-0.2, -0.15) is 0 Å². The summed E-state index contributed by atoms with van der Waals surface area (Å²) in [6.07, 6.45) is 5.05. The Morgan fingerprint density at radius 2 is 2.21 bits per heavy atom. The van der Waals surface area contributed by atoms with Crippen LogP contribution in [0.2, 0.25) is 0 Å². The van der Waals surface area contributed by atoms with Gasteiger partial charge in [0.05, 0.1) is 7.11 Å². The third-order valence-electron chi connectivity index (χ3n) is 2.08. The maximum atomic E-state index is 5.40. The summed E-state index contributed by atoms with van der Waals surface area (Å²) in [5, 5.41) is 0. The first-order valence-corrected chi connectivity index (χ1v) is 4.79. The first-order chi connectivity index (χ1) is 6.77. The number of aryl methyl sites for hydroxylation is 1. The van der Waals surface area contributed by atoms with Gasteiger partial charge in [-0.05, 0) is 37.1 Å². The van der Waals surface area contributed by atoms with Crippen molar-refractivity contribution in [2.75, 3.05) is 13.7 Å². The highest BCUT2D eigenvalue weighted by molar-refractivity contribution is 5.53. The molecular weight excluding hydrogens is 174 g/mol. The molecule has 14 heavy (non-hydrogen) atoms. The van der Waals surface area contributed by atoms with Crippen molar-refractivity contribution in [2.45, 2.75) is 13.3 Å². The van der Waals surface area contributed by atoms with E-state index in [4.69, 9.17) is 10.5 Å². The molecule has 0 heterocycles. The number of methoxy groups -OCH3 is 1. The average Bonchev–Trinajstić information content (AvgIpc) is 2.21. The molecule has 0 aliphatic rings. The van der Waals surface area contributed by atoms with E-state index in [1.54, 1.807) is 7.11 Å². The van der Waals surface area contributed by atoms with Gasteiger partial charge in [0.1, 0.15) is 5.75 Å². The van der Waals surface area contributed by atoms with Crippen molar-refractivity contribution in [3.63, 3.8) is 0 Å². The van der Waals surface area contributed by atoms with E-state index in [1.807, 2.05) is 13.0 Å². The zero-order valence-corrected chi connectivity index (χ0v) is 8.79. The molecule has 1 aromatic carbocycles. The Kier molecular flexibility index (Phi) is 4.20. The normalized spacial score (nSPS) is 10.8. The third-order valence-corrected chi connectivity index (χ3v) is 2.08. The summed E-state index contributed by atoms with van der Waals surface area (Å²) >= 11 is 0. The molecule has 0 saturated heterocycles. The van der Waals surface area contributed by atoms with Crippen LogP contribution in [0.3, 0.4) is 0 Å². The molecule has 0 atom stereocenters. The molecule has 0 bridgehead atoms. The summed E-state index contributed by atoms with van der Waals surface area (Å²) in [5.41, 5.74) is 7.71. The van der Waals surface area contributed by atoms with Crippen LogP contribution in [0.5, 0.6) is 5.75 Å². The minimum Gasteiger partial charge on any atom is -0.496 e. The minimum atomic E-state index is 0.694. The molecule has 0 unspecified atom stereocenters. The van der Waals surface area contributed by atoms with E-state index in [-0.39, 0.29) is 0 Å². The summed E-state index contributed by atoms with van der Waals surface area (Å²) in [4.78, 5) is 0. The summed E-state index contributed by atoms with van der Waals surface area (Å²) in [7, 11) is 1.69. The van der Waals surface area contributed by atoms with Crippen LogP contribution in [-0.4, -0.2) is 13.7 Å². The second kappa shape index (κ2) is 5.45. The zero-order valence-electron chi connectivity index (χ0n) is 8.79. The molecule has 0 radical (unpaired) electrons. The van der Waals surface area contributed by atoms with Crippen LogP contribution in [0.4, 0.5) is 0 Å². The lowest BCUT2D eigenvalue weighted by Gasteiger charge is -2.04. The molecule has 1 aromatic rings. The van der Waals surface area contributed by atoms with Gasteiger partial charge in [0.25, 0.3) is 0 Å². The number of nitrogens with two attached hydrogens (primary N) is 1. The Balaban J connectivity index is 2.79. The molecule has 0 aliphatic heterocycles. The Labute approximate surface area is 85.4 Å². The van der Waals surface area contributed by atoms with E-state index < -0.39 is 0 Å². The highest BCUT2D eigenvalue weighted by Gasteiger charge is 1.96. The van der Waals surface area contributed by atoms with Gasteiger partial charge < -0.3 is 10.5 Å². The van der Waals surface area contributed by atoms with Crippen LogP contribution >= 0.6 is 0 Å². The molecule has 0 amide bonds. The summed E-state index contributed by atoms with van der Waals surface area (Å²) < 4.78 is 5.23. The Bertz CT molecular complexity index is 318. The molecule has 0 fully saturated rings. The highest BCUT2D eigenvalue weighted by atomic mass is 16.5. The lowest BCUT2D eigenvalue weighted by atomic mass is 10.1. The molecule has 0 aromatic heterocycles. The van der Waals surface area contributed by atoms with E-state index in [2.05, 4.69) is 24.3 Å². The quantitative estimate of drug-likeness (QED) is 0.793. The summed E-state index contributed by atoms with van der Waals surface area (Å²) in [6.45, 7) is 2.73. The van der Waals surface area contributed by atoms with Crippen molar-refractivity contribution in [1.29, 1.82) is 0 Å². The standard InChI is InChI=1S/C12H17NO/c1-10-6-7-11(5-3-4-8-13)9-12(10)14-2/h3,5-7,9H,4,8,13H2,1-2H3. The van der Waals surface area contributed by atoms with E-state index in [1.165, 1.54) is 0 Å². The van der Waals surface area contributed by atoms with Crippen molar-refractivity contribution in [2.24, 2.45) is 5.73 Å². The van der Waals surface area contributed by atoms with Gasteiger partial charge in [0.2, 0.25) is 0 Å². The van der Waals surface area contributed by atoms with Gasteiger partial charge in [-0.3, -0.25) is 0 Å². The fraction of sp³-hybridized carbons (Fsp3) is 0.333. The molecule has 76 valence electrons. The van der Waals surface area contributed by atoms with Gasteiger partial charge >= 0.3 is 0 Å². The largest absolute Gasteiger partial charge is 0.496 e. The van der Waals surface area contributed by atoms with Crippen LogP contribution < -0.4 is 10.5 Å². The fourth-order valence-corrected chi connectivity index (χ4v) is 1.26. The number of rotatable bonds is 4. The van der Waals surface area contributed by atoms with Crippen molar-refractivity contribution in [3.8, 4) is 5.75 Å². The predicted octanol–water partition coefficient (Wildman–Crippen LogP) is 2.37. The van der Waals surface area contributed by atoms with Crippen LogP contribution in [-0.2, 0) is 0 Å². The number of hydrogen-bond donors (Lipinski definition) is 1. The molecule has 0 aliphatic carbocycles. The third kappa shape index (κ3) is 2.89. The maximum absolute atomic E-state index is 5.40. The number of hydrogen-bond acceptors (Lipinski definition) is 2. The molecular formula is C12H17NO. The van der Waals surface area contributed by atoms with Gasteiger partial charge in [-0.15, -0.1) is 0 Å². The minimum absolute atomic E-state index is 0.694. The smallest absolute Gasteiger partial charge is 0.122 e. The lowest BCUT2D eigenvalue weighted by Crippen LogP contribution is -1.95. The molecule has 1 rings (SSSR count). The molecule has 2 nitrogen and oxygen atoms in total. The van der Waals surface area contributed by atoms with Gasteiger partial charge in [-0.1, -0.05) is 24.3 Å². The van der Waals surface area contributed by atoms with Crippen LogP contribution in [0, 0.1) is 6.92 Å². The van der Waals surface area contributed by atoms with Crippen LogP contribution in [0.25, 0.3) is 6.08 Å². The van der Waals surface area contributed by atoms with Crippen molar-refractivity contribution in [1.82, 2.24) is 0 Å². The molecule has 0 saturated carbocycles. The fourth-order valence-electron chi connectivity index (χ4n) is 1.26. The summed E-state index contributed by atoms with van der Waals surface area (Å²) in [5.74, 6) is 0.930. The Morgan fingerprint density at radius 1 is 1.43 bits per heavy atom. The molecule has 0 spiro atoms. The van der Waals surface area contributed by atoms with Crippen molar-refractivity contribution >= 4 is 6.08 Å². The van der Waals surface area contributed by atoms with E-state index >= 15 is 0 Å². The molecule has 2 N–H and O–H groups in total. The maximum Gasteiger partial charge on any atom is 0.122 e. The number of benzene rings is 1. The van der Waals surface area contributed by atoms with Gasteiger partial charge in [-0.25, -0.2) is 0 Å². The Morgan fingerprint density at radius 3 is 2.86 bits per heavy atom. The van der Waals surface area contributed by atoms with E-state index in [0.29, 0.717) is 6.54 Å². The number of ether oxygens (including phenoxy) is 1. The SMILES string of the molecule is COc1cc(C=CCCN)ccc1C.